The molecular formula is C23H25N3O3S. The molecule has 0 saturated carbocycles. The van der Waals surface area contributed by atoms with Crippen LogP contribution in [0.2, 0.25) is 0 Å². The summed E-state index contributed by atoms with van der Waals surface area (Å²) < 4.78 is 4.79. The van der Waals surface area contributed by atoms with Crippen LogP contribution in [0, 0.1) is 6.92 Å². The van der Waals surface area contributed by atoms with E-state index in [-0.39, 0.29) is 24.1 Å². The van der Waals surface area contributed by atoms with Crippen molar-refractivity contribution in [1.82, 2.24) is 0 Å². The molecule has 7 heteroatoms. The molecule has 1 amide bonds. The number of benzene rings is 2. The molecule has 0 spiro atoms. The minimum absolute atomic E-state index is 0.00390. The molecule has 1 aliphatic heterocycles. The van der Waals surface area contributed by atoms with Gasteiger partial charge >= 0.3 is 5.97 Å². The standard InChI is InChI=1S/C23H25N3O3S/c1-4-26(18-9-7-8-16(2)12-18)22(27)15-30-21-13-17(14-23(28)29-3)24-19-10-5-6-11-20(19)25-21/h5-13,24H,4,14-15H2,1-3H3. The molecule has 2 aromatic carbocycles. The van der Waals surface area contributed by atoms with E-state index in [0.29, 0.717) is 17.3 Å². The number of nitrogens with one attached hydrogen (secondary N) is 1. The number of hydrogen-bond acceptors (Lipinski definition) is 6. The highest BCUT2D eigenvalue weighted by Gasteiger charge is 2.18. The zero-order valence-electron chi connectivity index (χ0n) is 17.3. The number of thioether (sulfide) groups is 1. The van der Waals surface area contributed by atoms with Crippen LogP contribution in [-0.4, -0.2) is 36.3 Å². The van der Waals surface area contributed by atoms with Crippen molar-refractivity contribution >= 4 is 45.7 Å². The third-order valence-electron chi connectivity index (χ3n) is 4.56. The van der Waals surface area contributed by atoms with Crippen LogP contribution < -0.4 is 10.2 Å². The summed E-state index contributed by atoms with van der Waals surface area (Å²) >= 11 is 1.35. The van der Waals surface area contributed by atoms with E-state index in [1.165, 1.54) is 18.9 Å². The molecule has 3 rings (SSSR count). The number of aliphatic imine (C=N–C) groups is 1. The number of amides is 1. The van der Waals surface area contributed by atoms with Crippen LogP contribution in [0.4, 0.5) is 17.1 Å². The van der Waals surface area contributed by atoms with E-state index < -0.39 is 0 Å². The summed E-state index contributed by atoms with van der Waals surface area (Å²) in [7, 11) is 1.36. The Hall–Kier alpha value is -3.06. The molecule has 0 saturated heterocycles. The lowest BCUT2D eigenvalue weighted by atomic mass is 10.2. The molecule has 0 fully saturated rings. The van der Waals surface area contributed by atoms with Crippen molar-refractivity contribution in [3.8, 4) is 0 Å². The lowest BCUT2D eigenvalue weighted by Crippen LogP contribution is -2.32. The molecule has 6 nitrogen and oxygen atoms in total. The fourth-order valence-corrected chi connectivity index (χ4v) is 3.91. The third kappa shape index (κ3) is 5.51. The van der Waals surface area contributed by atoms with Crippen molar-refractivity contribution in [3.05, 3.63) is 65.9 Å². The van der Waals surface area contributed by atoms with E-state index in [1.807, 2.05) is 62.4 Å². The van der Waals surface area contributed by atoms with Crippen molar-refractivity contribution in [2.45, 2.75) is 20.3 Å². The maximum absolute atomic E-state index is 12.9. The smallest absolute Gasteiger partial charge is 0.311 e. The van der Waals surface area contributed by atoms with Crippen LogP contribution in [0.15, 0.2) is 65.3 Å². The quantitative estimate of drug-likeness (QED) is 0.683. The summed E-state index contributed by atoms with van der Waals surface area (Å²) in [5.74, 6) is -0.0977. The first-order valence-electron chi connectivity index (χ1n) is 9.72. The number of aryl methyl sites for hydroxylation is 1. The van der Waals surface area contributed by atoms with Gasteiger partial charge in [0, 0.05) is 17.9 Å². The molecule has 0 radical (unpaired) electrons. The average molecular weight is 424 g/mol. The van der Waals surface area contributed by atoms with Crippen LogP contribution >= 0.6 is 11.8 Å². The summed E-state index contributed by atoms with van der Waals surface area (Å²) in [5.41, 5.74) is 4.24. The Balaban J connectivity index is 1.78. The van der Waals surface area contributed by atoms with Gasteiger partial charge in [-0.3, -0.25) is 9.59 Å². The average Bonchev–Trinajstić information content (AvgIpc) is 2.91. The SMILES string of the molecule is CCN(C(=O)CSC1=Nc2ccccc2NC(CC(=O)OC)=C1)c1cccc(C)c1. The number of ether oxygens (including phenoxy) is 1. The molecule has 0 unspecified atom stereocenters. The summed E-state index contributed by atoms with van der Waals surface area (Å²) in [5, 5.41) is 3.91. The number of nitrogens with zero attached hydrogens (tertiary/aromatic N) is 2. The fourth-order valence-electron chi connectivity index (χ4n) is 3.10. The highest BCUT2D eigenvalue weighted by molar-refractivity contribution is 8.14. The van der Waals surface area contributed by atoms with Gasteiger partial charge in [0.15, 0.2) is 0 Å². The normalized spacial score (nSPS) is 12.6. The number of carbonyl (C=O) groups excluding carboxylic acids is 2. The predicted octanol–water partition coefficient (Wildman–Crippen LogP) is 4.68. The molecule has 1 aliphatic rings. The van der Waals surface area contributed by atoms with Gasteiger partial charge in [-0.1, -0.05) is 36.0 Å². The van der Waals surface area contributed by atoms with E-state index >= 15 is 0 Å². The van der Waals surface area contributed by atoms with Gasteiger partial charge in [0.2, 0.25) is 5.91 Å². The van der Waals surface area contributed by atoms with Gasteiger partial charge in [-0.25, -0.2) is 4.99 Å². The molecule has 0 bridgehead atoms. The molecule has 30 heavy (non-hydrogen) atoms. The Kier molecular flexibility index (Phi) is 7.30. The topological polar surface area (TPSA) is 71.0 Å². The van der Waals surface area contributed by atoms with Crippen LogP contribution in [0.5, 0.6) is 0 Å². The molecular weight excluding hydrogens is 398 g/mol. The molecule has 0 aromatic heterocycles. The number of rotatable bonds is 6. The predicted molar refractivity (Wildman–Crippen MR) is 124 cm³/mol. The van der Waals surface area contributed by atoms with E-state index in [0.717, 1.165) is 22.6 Å². The van der Waals surface area contributed by atoms with Gasteiger partial charge in [-0.15, -0.1) is 0 Å². The van der Waals surface area contributed by atoms with E-state index in [1.54, 1.807) is 11.0 Å². The molecule has 0 aliphatic carbocycles. The minimum Gasteiger partial charge on any atom is -0.469 e. The number of carbonyl (C=O) groups is 2. The second-order valence-corrected chi connectivity index (χ2v) is 7.78. The maximum atomic E-state index is 12.9. The molecule has 1 heterocycles. The molecule has 156 valence electrons. The Morgan fingerprint density at radius 3 is 2.70 bits per heavy atom. The summed E-state index contributed by atoms with van der Waals surface area (Å²) in [6, 6.07) is 15.5. The lowest BCUT2D eigenvalue weighted by Gasteiger charge is -2.21. The van der Waals surface area contributed by atoms with Crippen molar-refractivity contribution in [3.63, 3.8) is 0 Å². The maximum Gasteiger partial charge on any atom is 0.311 e. The number of hydrogen-bond donors (Lipinski definition) is 1. The van der Waals surface area contributed by atoms with Crippen LogP contribution in [0.1, 0.15) is 18.9 Å². The summed E-state index contributed by atoms with van der Waals surface area (Å²) in [6.07, 6.45) is 1.90. The van der Waals surface area contributed by atoms with Crippen molar-refractivity contribution < 1.29 is 14.3 Å². The first-order chi connectivity index (χ1) is 14.5. The summed E-state index contributed by atoms with van der Waals surface area (Å²) in [4.78, 5) is 31.1. The largest absolute Gasteiger partial charge is 0.469 e. The highest BCUT2D eigenvalue weighted by Crippen LogP contribution is 2.31. The van der Waals surface area contributed by atoms with Gasteiger partial charge in [-0.2, -0.15) is 0 Å². The second kappa shape index (κ2) is 10.1. The number of methoxy groups -OCH3 is 1. The summed E-state index contributed by atoms with van der Waals surface area (Å²) in [6.45, 7) is 4.56. The number of esters is 1. The van der Waals surface area contributed by atoms with Crippen LogP contribution in [0.25, 0.3) is 0 Å². The second-order valence-electron chi connectivity index (χ2n) is 6.78. The Morgan fingerprint density at radius 1 is 1.17 bits per heavy atom. The van der Waals surface area contributed by atoms with E-state index in [2.05, 4.69) is 10.3 Å². The molecule has 1 N–H and O–H groups in total. The van der Waals surface area contributed by atoms with Gasteiger partial charge < -0.3 is 15.0 Å². The minimum atomic E-state index is -0.342. The van der Waals surface area contributed by atoms with Gasteiger partial charge in [0.1, 0.15) is 0 Å². The number of anilines is 2. The van der Waals surface area contributed by atoms with Crippen LogP contribution in [-0.2, 0) is 14.3 Å². The van der Waals surface area contributed by atoms with Crippen LogP contribution in [0.3, 0.4) is 0 Å². The molecule has 2 aromatic rings. The third-order valence-corrected chi connectivity index (χ3v) is 5.46. The number of fused-ring (bicyclic) bond motifs is 1. The Bertz CT molecular complexity index is 1000. The van der Waals surface area contributed by atoms with Crippen molar-refractivity contribution in [2.75, 3.05) is 29.6 Å². The van der Waals surface area contributed by atoms with Gasteiger partial charge in [-0.05, 0) is 49.8 Å². The lowest BCUT2D eigenvalue weighted by molar-refractivity contribution is -0.139. The monoisotopic (exact) mass is 423 g/mol. The fraction of sp³-hybridized carbons (Fsp3) is 0.261. The zero-order chi connectivity index (χ0) is 21.5. The Morgan fingerprint density at radius 2 is 1.97 bits per heavy atom. The Labute approximate surface area is 181 Å². The number of para-hydroxylation sites is 2. The van der Waals surface area contributed by atoms with Gasteiger partial charge in [0.25, 0.3) is 0 Å². The van der Waals surface area contributed by atoms with Crippen molar-refractivity contribution in [1.29, 1.82) is 0 Å². The highest BCUT2D eigenvalue weighted by atomic mass is 32.2. The van der Waals surface area contributed by atoms with E-state index in [4.69, 9.17) is 4.74 Å². The van der Waals surface area contributed by atoms with E-state index in [9.17, 15) is 9.59 Å². The molecule has 0 atom stereocenters. The van der Waals surface area contributed by atoms with Gasteiger partial charge in [0.05, 0.1) is 35.7 Å². The zero-order valence-corrected chi connectivity index (χ0v) is 18.2. The first kappa shape index (κ1) is 21.6. The van der Waals surface area contributed by atoms with Crippen molar-refractivity contribution in [2.24, 2.45) is 4.99 Å². The first-order valence-corrected chi connectivity index (χ1v) is 10.7.